The van der Waals surface area contributed by atoms with E-state index in [2.05, 4.69) is 89.9 Å². The lowest BCUT2D eigenvalue weighted by Crippen LogP contribution is -2.29. The van der Waals surface area contributed by atoms with Crippen molar-refractivity contribution in [1.82, 2.24) is 15.1 Å². The van der Waals surface area contributed by atoms with E-state index in [0.717, 1.165) is 18.4 Å². The quantitative estimate of drug-likeness (QED) is 0.305. The highest BCUT2D eigenvalue weighted by Crippen LogP contribution is 2.19. The zero-order valence-corrected chi connectivity index (χ0v) is 27.6. The number of hydrogen-bond acceptors (Lipinski definition) is 6. The van der Waals surface area contributed by atoms with Gasteiger partial charge in [0, 0.05) is 19.1 Å². The second-order valence-corrected chi connectivity index (χ2v) is 11.8. The van der Waals surface area contributed by atoms with Crippen LogP contribution in [0.3, 0.4) is 0 Å². The van der Waals surface area contributed by atoms with Crippen LogP contribution in [0.5, 0.6) is 0 Å². The second-order valence-electron chi connectivity index (χ2n) is 11.8. The van der Waals surface area contributed by atoms with Gasteiger partial charge in [-0.2, -0.15) is 0 Å². The lowest BCUT2D eigenvalue weighted by Gasteiger charge is -2.09. The number of nitrogens with two attached hydrogens (primary N) is 1. The molecule has 3 aliphatic rings. The maximum Gasteiger partial charge on any atom is 0.488 e. The van der Waals surface area contributed by atoms with Crippen LogP contribution in [0.25, 0.3) is 0 Å². The molecule has 6 nitrogen and oxygen atoms in total. The van der Waals surface area contributed by atoms with Crippen LogP contribution in [0.1, 0.15) is 37.8 Å². The number of hydrogen-bond donors (Lipinski definition) is 4. The van der Waals surface area contributed by atoms with Gasteiger partial charge in [-0.3, -0.25) is 0 Å². The Kier molecular flexibility index (Phi) is 23.2. The van der Waals surface area contributed by atoms with Crippen molar-refractivity contribution in [3.63, 3.8) is 0 Å². The Bertz CT molecular complexity index is 1060. The van der Waals surface area contributed by atoms with Crippen LogP contribution in [0.4, 0.5) is 0 Å². The summed E-state index contributed by atoms with van der Waals surface area (Å²) in [5.74, 6) is 1.75. The molecule has 3 aromatic rings. The fourth-order valence-corrected chi connectivity index (χ4v) is 5.57. The average Bonchev–Trinajstić information content (AvgIpc) is 3.75. The zero-order chi connectivity index (χ0) is 29.3. The minimum Gasteiger partial charge on any atom is -0.423 e. The lowest BCUT2D eigenvalue weighted by molar-refractivity contribution is 0.394. The molecule has 44 heavy (non-hydrogen) atoms. The molecule has 0 aromatic heterocycles. The van der Waals surface area contributed by atoms with Crippen molar-refractivity contribution >= 4 is 37.4 Å². The normalized spacial score (nSPS) is 20.5. The standard InChI is InChI=1S/C12H17N.C11H15N.C6H7BO2.C5H12N2.CH4.2ClH/c1-13-8-7-12(10-13)9-11-5-3-2-4-6-11;1-2-4-10(5-3-1)8-11-6-7-12-9-11;8-7(9)6-4-2-1-3-5-6;1-7-3-2-5(6)4-7;;;/h2-6,12H,7-10H2,1H3;1-5,11-12H,6-9H2;1-5,8-9H;5H,2-4,6H2,1H3;1H4;2*1H. The van der Waals surface area contributed by atoms with Gasteiger partial charge in [0.15, 0.2) is 0 Å². The molecule has 3 heterocycles. The molecule has 9 heteroatoms. The van der Waals surface area contributed by atoms with Crippen molar-refractivity contribution in [3.8, 4) is 0 Å². The van der Waals surface area contributed by atoms with Gasteiger partial charge in [-0.05, 0) is 101 Å². The Morgan fingerprint density at radius 3 is 1.52 bits per heavy atom. The molecule has 6 rings (SSSR count). The van der Waals surface area contributed by atoms with Crippen molar-refractivity contribution in [2.75, 3.05) is 53.4 Å². The summed E-state index contributed by atoms with van der Waals surface area (Å²) in [6, 6.07) is 30.7. The molecule has 0 radical (unpaired) electrons. The molecule has 3 aliphatic heterocycles. The molecule has 0 saturated carbocycles. The third kappa shape index (κ3) is 17.5. The summed E-state index contributed by atoms with van der Waals surface area (Å²) in [6.45, 7) is 7.22. The third-order valence-electron chi connectivity index (χ3n) is 7.91. The predicted octanol–water partition coefficient (Wildman–Crippen LogP) is 4.51. The number of nitrogens with zero attached hydrogens (tertiary/aromatic N) is 2. The molecule has 3 aromatic carbocycles. The summed E-state index contributed by atoms with van der Waals surface area (Å²) in [6.07, 6.45) is 6.38. The molecule has 3 unspecified atom stereocenters. The number of likely N-dealkylation sites (tertiary alicyclic amines) is 2. The third-order valence-corrected chi connectivity index (χ3v) is 7.91. The fourth-order valence-electron chi connectivity index (χ4n) is 5.57. The molecular formula is C35H57BCl2N4O2. The molecular weight excluding hydrogens is 590 g/mol. The van der Waals surface area contributed by atoms with Crippen LogP contribution in [-0.4, -0.2) is 86.4 Å². The largest absolute Gasteiger partial charge is 0.488 e. The van der Waals surface area contributed by atoms with Crippen molar-refractivity contribution in [2.45, 2.75) is 45.6 Å². The SMILES string of the molecule is C.CN1CCC(Cc2ccccc2)C1.CN1CCC(N)C1.Cl.Cl.OB(O)c1ccccc1.c1ccc(CC2CCNC2)cc1. The van der Waals surface area contributed by atoms with E-state index < -0.39 is 7.12 Å². The second kappa shape index (κ2) is 24.3. The van der Waals surface area contributed by atoms with Gasteiger partial charge in [-0.1, -0.05) is 98.4 Å². The first-order chi connectivity index (χ1) is 19.9. The predicted molar refractivity (Wildman–Crippen MR) is 194 cm³/mol. The van der Waals surface area contributed by atoms with Gasteiger partial charge in [-0.25, -0.2) is 0 Å². The highest BCUT2D eigenvalue weighted by Gasteiger charge is 2.19. The Hall–Kier alpha value is -1.94. The molecule has 0 bridgehead atoms. The minimum atomic E-state index is -1.34. The summed E-state index contributed by atoms with van der Waals surface area (Å²) in [5, 5.41) is 20.6. The van der Waals surface area contributed by atoms with E-state index in [1.165, 1.54) is 76.0 Å². The van der Waals surface area contributed by atoms with E-state index in [1.54, 1.807) is 24.3 Å². The van der Waals surface area contributed by atoms with Gasteiger partial charge in [0.2, 0.25) is 0 Å². The van der Waals surface area contributed by atoms with Crippen molar-refractivity contribution in [3.05, 3.63) is 102 Å². The summed E-state index contributed by atoms with van der Waals surface area (Å²) in [7, 11) is 2.98. The van der Waals surface area contributed by atoms with E-state index in [9.17, 15) is 0 Å². The van der Waals surface area contributed by atoms with Gasteiger partial charge < -0.3 is 30.9 Å². The number of nitrogens with one attached hydrogen (secondary N) is 1. The Morgan fingerprint density at radius 1 is 0.705 bits per heavy atom. The van der Waals surface area contributed by atoms with Crippen LogP contribution >= 0.6 is 24.8 Å². The van der Waals surface area contributed by atoms with Gasteiger partial charge in [-0.15, -0.1) is 24.8 Å². The van der Waals surface area contributed by atoms with Crippen molar-refractivity contribution in [2.24, 2.45) is 17.6 Å². The number of rotatable bonds is 5. The van der Waals surface area contributed by atoms with Gasteiger partial charge in [0.05, 0.1) is 0 Å². The van der Waals surface area contributed by atoms with E-state index in [-0.39, 0.29) is 32.2 Å². The van der Waals surface area contributed by atoms with Crippen LogP contribution in [0, 0.1) is 11.8 Å². The highest BCUT2D eigenvalue weighted by molar-refractivity contribution is 6.58. The average molecular weight is 648 g/mol. The molecule has 246 valence electrons. The summed E-state index contributed by atoms with van der Waals surface area (Å²) < 4.78 is 0. The maximum atomic E-state index is 8.58. The summed E-state index contributed by atoms with van der Waals surface area (Å²) >= 11 is 0. The van der Waals surface area contributed by atoms with Crippen LogP contribution < -0.4 is 16.5 Å². The molecule has 3 fully saturated rings. The molecule has 0 spiro atoms. The van der Waals surface area contributed by atoms with Crippen molar-refractivity contribution in [1.29, 1.82) is 0 Å². The van der Waals surface area contributed by atoms with E-state index >= 15 is 0 Å². The summed E-state index contributed by atoms with van der Waals surface area (Å²) in [4.78, 5) is 4.68. The monoisotopic (exact) mass is 646 g/mol. The summed E-state index contributed by atoms with van der Waals surface area (Å²) in [5.41, 5.74) is 9.08. The topological polar surface area (TPSA) is 85.0 Å². The first-order valence-electron chi connectivity index (χ1n) is 15.2. The van der Waals surface area contributed by atoms with E-state index in [4.69, 9.17) is 15.8 Å². The first-order valence-corrected chi connectivity index (χ1v) is 15.2. The fraction of sp³-hybridized carbons (Fsp3) is 0.486. The van der Waals surface area contributed by atoms with Crippen molar-refractivity contribution < 1.29 is 10.0 Å². The van der Waals surface area contributed by atoms with Crippen LogP contribution in [0.15, 0.2) is 91.0 Å². The van der Waals surface area contributed by atoms with Gasteiger partial charge in [0.1, 0.15) is 0 Å². The number of halogens is 2. The number of likely N-dealkylation sites (N-methyl/N-ethyl adjacent to an activating group) is 1. The Morgan fingerprint density at radius 2 is 1.18 bits per heavy atom. The lowest BCUT2D eigenvalue weighted by atomic mass is 9.81. The molecule has 0 aliphatic carbocycles. The Balaban J connectivity index is 0.000000561. The molecule has 3 saturated heterocycles. The van der Waals surface area contributed by atoms with Gasteiger partial charge >= 0.3 is 7.12 Å². The zero-order valence-electron chi connectivity index (χ0n) is 25.9. The smallest absolute Gasteiger partial charge is 0.423 e. The van der Waals surface area contributed by atoms with E-state index in [1.807, 2.05) is 6.07 Å². The van der Waals surface area contributed by atoms with Crippen LogP contribution in [-0.2, 0) is 12.8 Å². The Labute approximate surface area is 280 Å². The molecule has 0 amide bonds. The molecule has 3 atom stereocenters. The van der Waals surface area contributed by atoms with Crippen LogP contribution in [0.2, 0.25) is 0 Å². The van der Waals surface area contributed by atoms with Gasteiger partial charge in [0.25, 0.3) is 0 Å². The maximum absolute atomic E-state index is 8.58. The minimum absolute atomic E-state index is 0. The number of benzene rings is 3. The first kappa shape index (κ1) is 42.1. The van der Waals surface area contributed by atoms with E-state index in [0.29, 0.717) is 11.5 Å². The molecule has 5 N–H and O–H groups in total. The highest BCUT2D eigenvalue weighted by atomic mass is 35.5.